The predicted octanol–water partition coefficient (Wildman–Crippen LogP) is 2.30. The maximum Gasteiger partial charge on any atom is 0.339 e. The molecule has 2 rings (SSSR count). The Morgan fingerprint density at radius 3 is 2.58 bits per heavy atom. The van der Waals surface area contributed by atoms with Crippen molar-refractivity contribution >= 4 is 17.6 Å². The SMILES string of the molecule is COc1cc(NC(=O)C2CC=CC2)ccc1C(=O)O. The quantitative estimate of drug-likeness (QED) is 0.815. The minimum atomic E-state index is -1.06. The number of allylic oxidation sites excluding steroid dienone is 2. The van der Waals surface area contributed by atoms with E-state index >= 15 is 0 Å². The fourth-order valence-corrected chi connectivity index (χ4v) is 2.02. The van der Waals surface area contributed by atoms with E-state index in [-0.39, 0.29) is 23.1 Å². The highest BCUT2D eigenvalue weighted by atomic mass is 16.5. The van der Waals surface area contributed by atoms with Crippen LogP contribution in [0.1, 0.15) is 23.2 Å². The van der Waals surface area contributed by atoms with Crippen molar-refractivity contribution in [3.63, 3.8) is 0 Å². The van der Waals surface area contributed by atoms with E-state index < -0.39 is 5.97 Å². The molecule has 1 aromatic rings. The van der Waals surface area contributed by atoms with Gasteiger partial charge in [-0.05, 0) is 25.0 Å². The van der Waals surface area contributed by atoms with E-state index in [1.807, 2.05) is 12.2 Å². The number of methoxy groups -OCH3 is 1. The van der Waals surface area contributed by atoms with Gasteiger partial charge in [-0.15, -0.1) is 0 Å². The Morgan fingerprint density at radius 1 is 1.32 bits per heavy atom. The van der Waals surface area contributed by atoms with Crippen LogP contribution in [0.4, 0.5) is 5.69 Å². The summed E-state index contributed by atoms with van der Waals surface area (Å²) in [6.45, 7) is 0. The van der Waals surface area contributed by atoms with Crippen LogP contribution in [0, 0.1) is 5.92 Å². The average molecular weight is 261 g/mol. The van der Waals surface area contributed by atoms with Gasteiger partial charge in [0.1, 0.15) is 11.3 Å². The lowest BCUT2D eigenvalue weighted by Crippen LogP contribution is -2.20. The Balaban J connectivity index is 2.12. The van der Waals surface area contributed by atoms with Crippen LogP contribution in [0.5, 0.6) is 5.75 Å². The fourth-order valence-electron chi connectivity index (χ4n) is 2.02. The standard InChI is InChI=1S/C14H15NO4/c1-19-12-8-10(6-7-11(12)14(17)18)15-13(16)9-4-2-3-5-9/h2-3,6-9H,4-5H2,1H3,(H,15,16)(H,17,18). The first kappa shape index (κ1) is 13.1. The summed E-state index contributed by atoms with van der Waals surface area (Å²) in [5, 5.41) is 11.7. The van der Waals surface area contributed by atoms with Crippen molar-refractivity contribution in [3.05, 3.63) is 35.9 Å². The average Bonchev–Trinajstić information content (AvgIpc) is 2.92. The highest BCUT2D eigenvalue weighted by Gasteiger charge is 2.20. The van der Waals surface area contributed by atoms with Crippen LogP contribution in [0.2, 0.25) is 0 Å². The number of carbonyl (C=O) groups excluding carboxylic acids is 1. The van der Waals surface area contributed by atoms with Crippen LogP contribution in [0.15, 0.2) is 30.4 Å². The smallest absolute Gasteiger partial charge is 0.339 e. The maximum absolute atomic E-state index is 11.9. The normalized spacial score (nSPS) is 14.4. The molecule has 5 heteroatoms. The second-order valence-electron chi connectivity index (χ2n) is 4.35. The number of anilines is 1. The summed E-state index contributed by atoms with van der Waals surface area (Å²) < 4.78 is 5.01. The Bertz CT molecular complexity index is 528. The summed E-state index contributed by atoms with van der Waals surface area (Å²) in [5.74, 6) is -0.926. The Hall–Kier alpha value is -2.30. The molecule has 0 saturated heterocycles. The number of rotatable bonds is 4. The number of amides is 1. The number of carbonyl (C=O) groups is 2. The van der Waals surface area contributed by atoms with Crippen molar-refractivity contribution in [2.24, 2.45) is 5.92 Å². The first-order valence-corrected chi connectivity index (χ1v) is 5.99. The third kappa shape index (κ3) is 2.93. The molecule has 100 valence electrons. The lowest BCUT2D eigenvalue weighted by molar-refractivity contribution is -0.119. The molecule has 1 aromatic carbocycles. The van der Waals surface area contributed by atoms with Crippen LogP contribution in [-0.2, 0) is 4.79 Å². The second-order valence-corrected chi connectivity index (χ2v) is 4.35. The van der Waals surface area contributed by atoms with E-state index in [2.05, 4.69) is 5.32 Å². The number of carboxylic acids is 1. The zero-order valence-electron chi connectivity index (χ0n) is 10.6. The lowest BCUT2D eigenvalue weighted by atomic mass is 10.1. The van der Waals surface area contributed by atoms with Gasteiger partial charge in [0.2, 0.25) is 5.91 Å². The van der Waals surface area contributed by atoms with Crippen LogP contribution in [0.3, 0.4) is 0 Å². The molecule has 0 unspecified atom stereocenters. The van der Waals surface area contributed by atoms with Gasteiger partial charge in [0.25, 0.3) is 0 Å². The molecule has 0 spiro atoms. The molecule has 1 aliphatic rings. The van der Waals surface area contributed by atoms with E-state index in [4.69, 9.17) is 9.84 Å². The fraction of sp³-hybridized carbons (Fsp3) is 0.286. The molecule has 0 heterocycles. The molecule has 0 aromatic heterocycles. The summed E-state index contributed by atoms with van der Waals surface area (Å²) in [6.07, 6.45) is 5.46. The van der Waals surface area contributed by atoms with Gasteiger partial charge in [-0.25, -0.2) is 4.79 Å². The Labute approximate surface area is 110 Å². The molecule has 1 aliphatic carbocycles. The summed E-state index contributed by atoms with van der Waals surface area (Å²) in [6, 6.07) is 4.50. The van der Waals surface area contributed by atoms with E-state index in [1.54, 1.807) is 6.07 Å². The minimum Gasteiger partial charge on any atom is -0.496 e. The largest absolute Gasteiger partial charge is 0.496 e. The van der Waals surface area contributed by atoms with Crippen LogP contribution in [0.25, 0.3) is 0 Å². The minimum absolute atomic E-state index is 0.0369. The van der Waals surface area contributed by atoms with Gasteiger partial charge in [-0.3, -0.25) is 4.79 Å². The second kappa shape index (κ2) is 5.56. The molecule has 0 fully saturated rings. The van der Waals surface area contributed by atoms with Crippen LogP contribution >= 0.6 is 0 Å². The maximum atomic E-state index is 11.9. The third-order valence-electron chi connectivity index (χ3n) is 3.08. The molecule has 0 radical (unpaired) electrons. The van der Waals surface area contributed by atoms with Gasteiger partial charge in [0, 0.05) is 17.7 Å². The number of ether oxygens (including phenoxy) is 1. The topological polar surface area (TPSA) is 75.6 Å². The number of nitrogens with one attached hydrogen (secondary N) is 1. The molecular weight excluding hydrogens is 246 g/mol. The Morgan fingerprint density at radius 2 is 2.00 bits per heavy atom. The summed E-state index contributed by atoms with van der Waals surface area (Å²) in [7, 11) is 1.40. The summed E-state index contributed by atoms with van der Waals surface area (Å²) in [4.78, 5) is 22.9. The number of hydrogen-bond acceptors (Lipinski definition) is 3. The summed E-state index contributed by atoms with van der Waals surface area (Å²) >= 11 is 0. The van der Waals surface area contributed by atoms with Crippen molar-refractivity contribution < 1.29 is 19.4 Å². The van der Waals surface area contributed by atoms with Gasteiger partial charge < -0.3 is 15.2 Å². The van der Waals surface area contributed by atoms with Gasteiger partial charge >= 0.3 is 5.97 Å². The molecule has 0 aliphatic heterocycles. The summed E-state index contributed by atoms with van der Waals surface area (Å²) in [5.41, 5.74) is 0.613. The van der Waals surface area contributed by atoms with Crippen molar-refractivity contribution in [1.29, 1.82) is 0 Å². The van der Waals surface area contributed by atoms with Crippen molar-refractivity contribution in [1.82, 2.24) is 0 Å². The molecule has 0 atom stereocenters. The van der Waals surface area contributed by atoms with Gasteiger partial charge in [0.05, 0.1) is 7.11 Å². The first-order valence-electron chi connectivity index (χ1n) is 5.99. The van der Waals surface area contributed by atoms with E-state index in [0.29, 0.717) is 5.69 Å². The molecular formula is C14H15NO4. The number of benzene rings is 1. The van der Waals surface area contributed by atoms with Gasteiger partial charge in [-0.2, -0.15) is 0 Å². The van der Waals surface area contributed by atoms with E-state index in [9.17, 15) is 9.59 Å². The number of carboxylic acid groups (broad SMARTS) is 1. The van der Waals surface area contributed by atoms with Crippen LogP contribution < -0.4 is 10.1 Å². The lowest BCUT2D eigenvalue weighted by Gasteiger charge is -2.12. The third-order valence-corrected chi connectivity index (χ3v) is 3.08. The molecule has 1 amide bonds. The molecule has 5 nitrogen and oxygen atoms in total. The first-order chi connectivity index (χ1) is 9.11. The van der Waals surface area contributed by atoms with Crippen molar-refractivity contribution in [2.75, 3.05) is 12.4 Å². The molecule has 0 saturated carbocycles. The Kier molecular flexibility index (Phi) is 3.85. The highest BCUT2D eigenvalue weighted by molar-refractivity contribution is 5.95. The zero-order chi connectivity index (χ0) is 13.8. The number of hydrogen-bond donors (Lipinski definition) is 2. The van der Waals surface area contributed by atoms with Gasteiger partial charge in [-0.1, -0.05) is 12.2 Å². The zero-order valence-corrected chi connectivity index (χ0v) is 10.6. The highest BCUT2D eigenvalue weighted by Crippen LogP contribution is 2.25. The van der Waals surface area contributed by atoms with Gasteiger partial charge in [0.15, 0.2) is 0 Å². The van der Waals surface area contributed by atoms with Crippen molar-refractivity contribution in [3.8, 4) is 5.75 Å². The molecule has 2 N–H and O–H groups in total. The van der Waals surface area contributed by atoms with E-state index in [0.717, 1.165) is 12.8 Å². The monoisotopic (exact) mass is 261 g/mol. The predicted molar refractivity (Wildman–Crippen MR) is 70.4 cm³/mol. The molecule has 0 bridgehead atoms. The van der Waals surface area contributed by atoms with E-state index in [1.165, 1.54) is 19.2 Å². The van der Waals surface area contributed by atoms with Crippen molar-refractivity contribution in [2.45, 2.75) is 12.8 Å². The van der Waals surface area contributed by atoms with Crippen LogP contribution in [-0.4, -0.2) is 24.1 Å². The molecule has 19 heavy (non-hydrogen) atoms. The number of aromatic carboxylic acids is 1.